The van der Waals surface area contributed by atoms with Gasteiger partial charge in [0.1, 0.15) is 0 Å². The second-order valence-corrected chi connectivity index (χ2v) is 6.28. The highest BCUT2D eigenvalue weighted by Gasteiger charge is 2.10. The molecule has 1 heterocycles. The molecule has 1 saturated heterocycles. The van der Waals surface area contributed by atoms with E-state index in [0.717, 1.165) is 18.7 Å². The van der Waals surface area contributed by atoms with E-state index in [1.165, 1.54) is 24.9 Å². The van der Waals surface area contributed by atoms with Crippen LogP contribution in [0.25, 0.3) is 6.08 Å². The van der Waals surface area contributed by atoms with Gasteiger partial charge in [0, 0.05) is 29.4 Å². The Hall–Kier alpha value is -2.06. The minimum atomic E-state index is -0.0346. The van der Waals surface area contributed by atoms with Crippen LogP contribution < -0.4 is 4.90 Å². The Balaban J connectivity index is 1.66. The Morgan fingerprint density at radius 2 is 1.74 bits per heavy atom. The summed E-state index contributed by atoms with van der Waals surface area (Å²) in [5.41, 5.74) is 2.91. The highest BCUT2D eigenvalue weighted by atomic mass is 35.5. The number of allylic oxidation sites excluding steroid dienone is 1. The van der Waals surface area contributed by atoms with Crippen molar-refractivity contribution in [2.45, 2.75) is 19.3 Å². The third-order valence-corrected chi connectivity index (χ3v) is 4.39. The normalized spacial score (nSPS) is 15.1. The third kappa shape index (κ3) is 4.23. The van der Waals surface area contributed by atoms with E-state index < -0.39 is 0 Å². The van der Waals surface area contributed by atoms with Crippen LogP contribution in [0, 0.1) is 0 Å². The lowest BCUT2D eigenvalue weighted by atomic mass is 10.1. The maximum atomic E-state index is 12.1. The quantitative estimate of drug-likeness (QED) is 0.567. The van der Waals surface area contributed by atoms with Crippen LogP contribution in [-0.4, -0.2) is 18.9 Å². The second kappa shape index (κ2) is 7.47. The molecule has 2 aromatic rings. The largest absolute Gasteiger partial charge is 0.372 e. The Bertz CT molecular complexity index is 700. The summed E-state index contributed by atoms with van der Waals surface area (Å²) in [5.74, 6) is -0.0346. The zero-order valence-electron chi connectivity index (χ0n) is 13.0. The summed E-state index contributed by atoms with van der Waals surface area (Å²) in [4.78, 5) is 14.6. The lowest BCUT2D eigenvalue weighted by Gasteiger charge is -2.28. The summed E-state index contributed by atoms with van der Waals surface area (Å²) in [6.45, 7) is 2.28. The number of carbonyl (C=O) groups is 1. The van der Waals surface area contributed by atoms with Gasteiger partial charge in [-0.15, -0.1) is 0 Å². The molecule has 1 aliphatic rings. The Kier molecular flexibility index (Phi) is 5.14. The molecular formula is C20H20ClNO. The lowest BCUT2D eigenvalue weighted by Crippen LogP contribution is -2.29. The van der Waals surface area contributed by atoms with Crippen LogP contribution in [0.1, 0.15) is 35.2 Å². The van der Waals surface area contributed by atoms with Crippen molar-refractivity contribution in [2.24, 2.45) is 0 Å². The molecule has 2 aromatic carbocycles. The predicted molar refractivity (Wildman–Crippen MR) is 97.3 cm³/mol. The predicted octanol–water partition coefficient (Wildman–Crippen LogP) is 5.23. The van der Waals surface area contributed by atoms with Gasteiger partial charge in [-0.25, -0.2) is 0 Å². The van der Waals surface area contributed by atoms with Crippen LogP contribution in [0.2, 0.25) is 5.02 Å². The van der Waals surface area contributed by atoms with Crippen molar-refractivity contribution in [3.63, 3.8) is 0 Å². The molecule has 0 unspecified atom stereocenters. The molecule has 1 aliphatic heterocycles. The van der Waals surface area contributed by atoms with Crippen LogP contribution >= 0.6 is 11.6 Å². The van der Waals surface area contributed by atoms with E-state index >= 15 is 0 Å². The smallest absolute Gasteiger partial charge is 0.185 e. The van der Waals surface area contributed by atoms with E-state index in [9.17, 15) is 4.79 Å². The van der Waals surface area contributed by atoms with Gasteiger partial charge in [-0.05, 0) is 55.2 Å². The van der Waals surface area contributed by atoms with Gasteiger partial charge < -0.3 is 4.90 Å². The number of anilines is 1. The van der Waals surface area contributed by atoms with Crippen molar-refractivity contribution in [2.75, 3.05) is 18.0 Å². The van der Waals surface area contributed by atoms with Crippen molar-refractivity contribution < 1.29 is 4.79 Å². The first-order chi connectivity index (χ1) is 11.2. The molecule has 3 rings (SSSR count). The molecule has 118 valence electrons. The molecule has 0 bridgehead atoms. The minimum absolute atomic E-state index is 0.0346. The van der Waals surface area contributed by atoms with Crippen molar-refractivity contribution in [1.82, 2.24) is 0 Å². The first-order valence-corrected chi connectivity index (χ1v) is 8.43. The van der Waals surface area contributed by atoms with Crippen LogP contribution in [-0.2, 0) is 0 Å². The van der Waals surface area contributed by atoms with E-state index in [0.29, 0.717) is 10.6 Å². The van der Waals surface area contributed by atoms with Crippen molar-refractivity contribution in [3.05, 3.63) is 70.8 Å². The summed E-state index contributed by atoms with van der Waals surface area (Å²) in [6.07, 6.45) is 7.33. The van der Waals surface area contributed by atoms with E-state index in [1.54, 1.807) is 30.3 Å². The molecule has 0 amide bonds. The molecule has 0 aromatic heterocycles. The molecule has 0 spiro atoms. The number of rotatable bonds is 4. The maximum absolute atomic E-state index is 12.1. The molecule has 0 aliphatic carbocycles. The number of benzene rings is 2. The lowest BCUT2D eigenvalue weighted by molar-refractivity contribution is 0.104. The fraction of sp³-hybridized carbons (Fsp3) is 0.250. The van der Waals surface area contributed by atoms with Crippen molar-refractivity contribution in [3.8, 4) is 0 Å². The van der Waals surface area contributed by atoms with Gasteiger partial charge in [-0.1, -0.05) is 41.9 Å². The van der Waals surface area contributed by atoms with E-state index in [-0.39, 0.29) is 5.78 Å². The van der Waals surface area contributed by atoms with Gasteiger partial charge >= 0.3 is 0 Å². The zero-order chi connectivity index (χ0) is 16.1. The fourth-order valence-corrected chi connectivity index (χ4v) is 3.05. The SMILES string of the molecule is O=C(/C=C/c1ccc(N2CCCCC2)cc1)c1cccc(Cl)c1. The standard InChI is InChI=1S/C20H20ClNO/c21-18-6-4-5-17(15-18)20(23)12-9-16-7-10-19(11-8-16)22-13-2-1-3-14-22/h4-12,15H,1-3,13-14H2/b12-9+. The van der Waals surface area contributed by atoms with Crippen LogP contribution in [0.15, 0.2) is 54.6 Å². The van der Waals surface area contributed by atoms with Gasteiger partial charge in [-0.2, -0.15) is 0 Å². The van der Waals surface area contributed by atoms with Gasteiger partial charge in [0.2, 0.25) is 0 Å². The molecular weight excluding hydrogens is 306 g/mol. The molecule has 0 radical (unpaired) electrons. The summed E-state index contributed by atoms with van der Waals surface area (Å²) in [7, 11) is 0. The molecule has 2 nitrogen and oxygen atoms in total. The van der Waals surface area contributed by atoms with Crippen molar-refractivity contribution in [1.29, 1.82) is 0 Å². The number of nitrogens with zero attached hydrogens (tertiary/aromatic N) is 1. The molecule has 23 heavy (non-hydrogen) atoms. The monoisotopic (exact) mass is 325 g/mol. The topological polar surface area (TPSA) is 20.3 Å². The first kappa shape index (κ1) is 15.8. The van der Waals surface area contributed by atoms with Gasteiger partial charge in [0.05, 0.1) is 0 Å². The number of piperidine rings is 1. The minimum Gasteiger partial charge on any atom is -0.372 e. The number of hydrogen-bond donors (Lipinski definition) is 0. The van der Waals surface area contributed by atoms with E-state index in [2.05, 4.69) is 29.2 Å². The van der Waals surface area contributed by atoms with Crippen LogP contribution in [0.3, 0.4) is 0 Å². The Morgan fingerprint density at radius 3 is 2.43 bits per heavy atom. The number of carbonyl (C=O) groups excluding carboxylic acids is 1. The number of hydrogen-bond acceptors (Lipinski definition) is 2. The molecule has 0 atom stereocenters. The summed E-state index contributed by atoms with van der Waals surface area (Å²) in [5, 5.41) is 0.579. The Labute approximate surface area is 142 Å². The van der Waals surface area contributed by atoms with Gasteiger partial charge in [0.15, 0.2) is 5.78 Å². The van der Waals surface area contributed by atoms with Gasteiger partial charge in [0.25, 0.3) is 0 Å². The highest BCUT2D eigenvalue weighted by Crippen LogP contribution is 2.20. The summed E-state index contributed by atoms with van der Waals surface area (Å²) in [6, 6.07) is 15.4. The Morgan fingerprint density at radius 1 is 1.00 bits per heavy atom. The van der Waals surface area contributed by atoms with Crippen LogP contribution in [0.5, 0.6) is 0 Å². The molecule has 0 saturated carbocycles. The second-order valence-electron chi connectivity index (χ2n) is 5.85. The molecule has 0 N–H and O–H groups in total. The van der Waals surface area contributed by atoms with E-state index in [1.807, 2.05) is 6.08 Å². The number of halogens is 1. The first-order valence-electron chi connectivity index (χ1n) is 8.05. The van der Waals surface area contributed by atoms with Crippen molar-refractivity contribution >= 4 is 29.1 Å². The third-order valence-electron chi connectivity index (χ3n) is 4.15. The van der Waals surface area contributed by atoms with E-state index in [4.69, 9.17) is 11.6 Å². The highest BCUT2D eigenvalue weighted by molar-refractivity contribution is 6.31. The molecule has 3 heteroatoms. The number of ketones is 1. The van der Waals surface area contributed by atoms with Gasteiger partial charge in [-0.3, -0.25) is 4.79 Å². The average Bonchev–Trinajstić information content (AvgIpc) is 2.61. The zero-order valence-corrected chi connectivity index (χ0v) is 13.8. The summed E-state index contributed by atoms with van der Waals surface area (Å²) >= 11 is 5.92. The van der Waals surface area contributed by atoms with Crippen LogP contribution in [0.4, 0.5) is 5.69 Å². The maximum Gasteiger partial charge on any atom is 0.185 e. The summed E-state index contributed by atoms with van der Waals surface area (Å²) < 4.78 is 0. The fourth-order valence-electron chi connectivity index (χ4n) is 2.86. The molecule has 1 fully saturated rings. The average molecular weight is 326 g/mol.